The number of thiazole rings is 1. The minimum absolute atomic E-state index is 0.0119. The molecule has 0 aliphatic rings. The first-order chi connectivity index (χ1) is 19.9. The van der Waals surface area contributed by atoms with Crippen LogP contribution < -0.4 is 10.5 Å². The molecule has 42 heavy (non-hydrogen) atoms. The Bertz CT molecular complexity index is 1810. The number of aliphatic hydroxyl groups excluding tert-OH is 1. The molecule has 1 aromatic heterocycles. The zero-order valence-corrected chi connectivity index (χ0v) is 24.6. The van der Waals surface area contributed by atoms with Crippen LogP contribution in [-0.2, 0) is 30.4 Å². The molecule has 3 aromatic carbocycles. The van der Waals surface area contributed by atoms with E-state index in [1.165, 1.54) is 12.1 Å². The van der Waals surface area contributed by atoms with Gasteiger partial charge >= 0.3 is 0 Å². The standard InChI is InChI=1S/C28H28FN3O7S3/c29-22-10-3-18(4-11-22)17-41(36,37)26(27(35)31-13-15-42(30,38)39)28-32-23-12-9-21(16-25(23)40-28)19-5-7-20(8-6-19)24(34)2-1-14-33/h3-12,16,26,33H,1-2,13-15,17H2,(H,31,35)(H2,30,38,39). The second kappa shape index (κ2) is 13.2. The lowest BCUT2D eigenvalue weighted by Gasteiger charge is -2.15. The van der Waals surface area contributed by atoms with Gasteiger partial charge in [0.2, 0.25) is 15.9 Å². The Morgan fingerprint density at radius 3 is 2.29 bits per heavy atom. The predicted molar refractivity (Wildman–Crippen MR) is 158 cm³/mol. The number of ketones is 1. The molecule has 1 unspecified atom stereocenters. The van der Waals surface area contributed by atoms with Gasteiger partial charge < -0.3 is 10.4 Å². The van der Waals surface area contributed by atoms with Crippen molar-refractivity contribution in [3.63, 3.8) is 0 Å². The van der Waals surface area contributed by atoms with E-state index in [0.717, 1.165) is 34.6 Å². The number of fused-ring (bicyclic) bond motifs is 1. The number of rotatable bonds is 13. The van der Waals surface area contributed by atoms with E-state index in [4.69, 9.17) is 10.2 Å². The molecule has 4 aromatic rings. The van der Waals surface area contributed by atoms with Gasteiger partial charge in [0.25, 0.3) is 0 Å². The summed E-state index contributed by atoms with van der Waals surface area (Å²) in [4.78, 5) is 29.8. The summed E-state index contributed by atoms with van der Waals surface area (Å²) in [5.74, 6) is -2.74. The Labute approximate surface area is 246 Å². The van der Waals surface area contributed by atoms with Crippen LogP contribution in [0.2, 0.25) is 0 Å². The molecule has 10 nitrogen and oxygen atoms in total. The van der Waals surface area contributed by atoms with E-state index in [1.807, 2.05) is 0 Å². The second-order valence-corrected chi connectivity index (χ2v) is 14.4. The number of carbonyl (C=O) groups is 2. The number of sulfone groups is 1. The first-order valence-electron chi connectivity index (χ1n) is 12.8. The van der Waals surface area contributed by atoms with Crippen LogP contribution in [0.1, 0.15) is 39.0 Å². The average molecular weight is 634 g/mol. The third-order valence-electron chi connectivity index (χ3n) is 6.30. The second-order valence-electron chi connectivity index (χ2n) is 9.53. The van der Waals surface area contributed by atoms with Crippen molar-refractivity contribution in [2.75, 3.05) is 18.9 Å². The minimum atomic E-state index is -4.25. The molecule has 222 valence electrons. The molecule has 4 N–H and O–H groups in total. The summed E-state index contributed by atoms with van der Waals surface area (Å²) in [6.07, 6.45) is 0.627. The number of sulfonamides is 1. The molecular weight excluding hydrogens is 606 g/mol. The van der Waals surface area contributed by atoms with Crippen molar-refractivity contribution < 1.29 is 35.9 Å². The lowest BCUT2D eigenvalue weighted by atomic mass is 10.0. The van der Waals surface area contributed by atoms with Crippen LogP contribution in [0.25, 0.3) is 21.3 Å². The number of benzene rings is 3. The first-order valence-corrected chi connectivity index (χ1v) is 17.0. The predicted octanol–water partition coefficient (Wildman–Crippen LogP) is 3.12. The molecule has 0 saturated heterocycles. The normalized spacial score (nSPS) is 12.7. The van der Waals surface area contributed by atoms with Gasteiger partial charge in [0, 0.05) is 25.1 Å². The molecule has 0 bridgehead atoms. The number of halogens is 1. The first kappa shape index (κ1) is 31.4. The maximum Gasteiger partial charge on any atom is 0.245 e. The van der Waals surface area contributed by atoms with Crippen LogP contribution in [-0.4, -0.2) is 57.5 Å². The summed E-state index contributed by atoms with van der Waals surface area (Å²) in [7, 11) is -8.15. The number of Topliss-reactive ketones (excluding diaryl/α,β-unsaturated/α-hetero) is 1. The Kier molecular flexibility index (Phi) is 9.84. The van der Waals surface area contributed by atoms with E-state index in [2.05, 4.69) is 10.3 Å². The number of nitrogens with zero attached hydrogens (tertiary/aromatic N) is 1. The lowest BCUT2D eigenvalue weighted by Crippen LogP contribution is -2.37. The third kappa shape index (κ3) is 8.04. The molecule has 1 amide bonds. The fourth-order valence-corrected chi connectivity index (χ4v) is 7.75. The molecule has 1 atom stereocenters. The molecule has 0 fully saturated rings. The summed E-state index contributed by atoms with van der Waals surface area (Å²) in [5.41, 5.74) is 2.81. The molecule has 0 saturated carbocycles. The molecule has 14 heteroatoms. The lowest BCUT2D eigenvalue weighted by molar-refractivity contribution is -0.120. The Morgan fingerprint density at radius 2 is 1.64 bits per heavy atom. The van der Waals surface area contributed by atoms with Crippen LogP contribution in [0.4, 0.5) is 4.39 Å². The van der Waals surface area contributed by atoms with Crippen LogP contribution in [0.5, 0.6) is 0 Å². The van der Waals surface area contributed by atoms with Crippen LogP contribution >= 0.6 is 11.3 Å². The maximum atomic E-state index is 13.5. The summed E-state index contributed by atoms with van der Waals surface area (Å²) < 4.78 is 63.7. The maximum absolute atomic E-state index is 13.5. The van der Waals surface area contributed by atoms with Gasteiger partial charge in [0.15, 0.2) is 20.9 Å². The Hall–Kier alpha value is -3.56. The number of aromatic nitrogens is 1. The van der Waals surface area contributed by atoms with Crippen molar-refractivity contribution in [2.24, 2.45) is 5.14 Å². The van der Waals surface area contributed by atoms with Crippen molar-refractivity contribution in [3.05, 3.63) is 88.7 Å². The number of nitrogens with two attached hydrogens (primary N) is 1. The van der Waals surface area contributed by atoms with Gasteiger partial charge in [-0.15, -0.1) is 11.3 Å². The van der Waals surface area contributed by atoms with Gasteiger partial charge in [-0.05, 0) is 47.4 Å². The van der Waals surface area contributed by atoms with E-state index < -0.39 is 54.9 Å². The van der Waals surface area contributed by atoms with E-state index in [0.29, 0.717) is 22.2 Å². The number of aliphatic hydroxyl groups is 1. The number of amides is 1. The highest BCUT2D eigenvalue weighted by molar-refractivity contribution is 7.91. The molecule has 0 radical (unpaired) electrons. The fourth-order valence-electron chi connectivity index (χ4n) is 4.20. The number of hydrogen-bond acceptors (Lipinski definition) is 9. The average Bonchev–Trinajstić information content (AvgIpc) is 3.34. The smallest absolute Gasteiger partial charge is 0.245 e. The molecular formula is C28H28FN3O7S3. The Morgan fingerprint density at radius 1 is 0.976 bits per heavy atom. The fraction of sp³-hybridized carbons (Fsp3) is 0.250. The zero-order chi connectivity index (χ0) is 30.5. The summed E-state index contributed by atoms with van der Waals surface area (Å²) in [6, 6.07) is 17.1. The molecule has 0 aliphatic carbocycles. The van der Waals surface area contributed by atoms with Crippen molar-refractivity contribution in [3.8, 4) is 11.1 Å². The zero-order valence-electron chi connectivity index (χ0n) is 22.2. The number of hydrogen-bond donors (Lipinski definition) is 3. The molecule has 1 heterocycles. The largest absolute Gasteiger partial charge is 0.396 e. The van der Waals surface area contributed by atoms with Gasteiger partial charge in [0.1, 0.15) is 10.8 Å². The molecule has 0 aliphatic heterocycles. The minimum Gasteiger partial charge on any atom is -0.396 e. The van der Waals surface area contributed by atoms with Crippen molar-refractivity contribution >= 4 is 53.1 Å². The summed E-state index contributed by atoms with van der Waals surface area (Å²) >= 11 is 1.01. The number of primary sulfonamides is 1. The van der Waals surface area contributed by atoms with Crippen LogP contribution in [0.3, 0.4) is 0 Å². The van der Waals surface area contributed by atoms with E-state index in [1.54, 1.807) is 42.5 Å². The summed E-state index contributed by atoms with van der Waals surface area (Å²) in [5, 5.41) is 14.5. The third-order valence-corrected chi connectivity index (χ3v) is 10.2. The van der Waals surface area contributed by atoms with Gasteiger partial charge in [-0.2, -0.15) is 0 Å². The van der Waals surface area contributed by atoms with Gasteiger partial charge in [-0.3, -0.25) is 9.59 Å². The van der Waals surface area contributed by atoms with Gasteiger partial charge in [0.05, 0.1) is 21.7 Å². The molecule has 4 rings (SSSR count). The molecule has 0 spiro atoms. The van der Waals surface area contributed by atoms with Crippen LogP contribution in [0, 0.1) is 5.82 Å². The van der Waals surface area contributed by atoms with Crippen molar-refractivity contribution in [1.29, 1.82) is 0 Å². The van der Waals surface area contributed by atoms with Gasteiger partial charge in [-0.25, -0.2) is 31.3 Å². The van der Waals surface area contributed by atoms with Crippen molar-refractivity contribution in [2.45, 2.75) is 23.8 Å². The van der Waals surface area contributed by atoms with Crippen LogP contribution in [0.15, 0.2) is 66.7 Å². The SMILES string of the molecule is NS(=O)(=O)CCNC(=O)C(c1nc2ccc(-c3ccc(C(=O)CCCO)cc3)cc2s1)S(=O)(=O)Cc1ccc(F)cc1. The number of nitrogens with one attached hydrogen (secondary N) is 1. The topological polar surface area (TPSA) is 174 Å². The number of carbonyl (C=O) groups excluding carboxylic acids is 2. The van der Waals surface area contributed by atoms with E-state index >= 15 is 0 Å². The monoisotopic (exact) mass is 633 g/mol. The highest BCUT2D eigenvalue weighted by Gasteiger charge is 2.37. The highest BCUT2D eigenvalue weighted by atomic mass is 32.2. The highest BCUT2D eigenvalue weighted by Crippen LogP contribution is 2.35. The van der Waals surface area contributed by atoms with E-state index in [9.17, 15) is 30.8 Å². The quantitative estimate of drug-likeness (QED) is 0.188. The van der Waals surface area contributed by atoms with Crippen molar-refractivity contribution in [1.82, 2.24) is 10.3 Å². The summed E-state index contributed by atoms with van der Waals surface area (Å²) in [6.45, 7) is -0.458. The Balaban J connectivity index is 1.65. The van der Waals surface area contributed by atoms with E-state index in [-0.39, 0.29) is 29.4 Å². The van der Waals surface area contributed by atoms with Gasteiger partial charge in [-0.1, -0.05) is 42.5 Å².